The maximum Gasteiger partial charge on any atom is 0.262 e. The van der Waals surface area contributed by atoms with Crippen LogP contribution in [0.2, 0.25) is 0 Å². The van der Waals surface area contributed by atoms with Crippen molar-refractivity contribution in [1.82, 2.24) is 0 Å². The van der Waals surface area contributed by atoms with Crippen LogP contribution in [-0.4, -0.2) is 12.1 Å². The van der Waals surface area contributed by atoms with E-state index in [4.69, 9.17) is 5.73 Å². The fraction of sp³-hybridized carbons (Fsp3) is 0.174. The highest BCUT2D eigenvalue weighted by atomic mass is 127. The van der Waals surface area contributed by atoms with Gasteiger partial charge in [-0.2, -0.15) is 0 Å². The Kier molecular flexibility index (Phi) is 5.12. The fourth-order valence-corrected chi connectivity index (χ4v) is 4.02. The summed E-state index contributed by atoms with van der Waals surface area (Å²) in [6, 6.07) is 22.0. The van der Waals surface area contributed by atoms with Crippen molar-refractivity contribution in [2.75, 3.05) is 10.2 Å². The van der Waals surface area contributed by atoms with Gasteiger partial charge in [0.1, 0.15) is 6.17 Å². The molecule has 0 radical (unpaired) electrons. The molecule has 0 saturated carbocycles. The maximum absolute atomic E-state index is 13.6. The van der Waals surface area contributed by atoms with Crippen molar-refractivity contribution in [1.29, 1.82) is 0 Å². The van der Waals surface area contributed by atoms with Crippen LogP contribution in [0.1, 0.15) is 35.8 Å². The Morgan fingerprint density at radius 2 is 1.79 bits per heavy atom. The fourth-order valence-electron chi connectivity index (χ4n) is 3.66. The number of amides is 1. The van der Waals surface area contributed by atoms with Gasteiger partial charge in [0.25, 0.3) is 5.91 Å². The quantitative estimate of drug-likeness (QED) is 0.491. The SMILES string of the molecule is CC(N)c1cccc(-c2cccc3c2C(=O)N(c2ccc(I)cc2)C(C)N3)c1. The molecule has 142 valence electrons. The number of hydrogen-bond acceptors (Lipinski definition) is 3. The third-order valence-electron chi connectivity index (χ3n) is 5.08. The summed E-state index contributed by atoms with van der Waals surface area (Å²) in [4.78, 5) is 15.4. The molecule has 3 aromatic rings. The summed E-state index contributed by atoms with van der Waals surface area (Å²) in [6.45, 7) is 3.97. The van der Waals surface area contributed by atoms with Crippen LogP contribution in [0.25, 0.3) is 11.1 Å². The normalized spacial score (nSPS) is 17.1. The lowest BCUT2D eigenvalue weighted by atomic mass is 9.93. The number of fused-ring (bicyclic) bond motifs is 1. The van der Waals surface area contributed by atoms with Crippen LogP contribution < -0.4 is 16.0 Å². The standard InChI is InChI=1S/C23H22IN3O/c1-14(25)16-5-3-6-17(13-16)20-7-4-8-21-22(20)23(28)27(15(2)26-21)19-11-9-18(24)10-12-19/h3-15,26H,25H2,1-2H3. The second-order valence-corrected chi connectivity index (χ2v) is 8.36. The number of hydrogen-bond donors (Lipinski definition) is 2. The van der Waals surface area contributed by atoms with Crippen LogP contribution in [0.4, 0.5) is 11.4 Å². The van der Waals surface area contributed by atoms with Gasteiger partial charge in [-0.25, -0.2) is 0 Å². The second-order valence-electron chi connectivity index (χ2n) is 7.11. The first-order chi connectivity index (χ1) is 13.5. The zero-order valence-electron chi connectivity index (χ0n) is 15.8. The summed E-state index contributed by atoms with van der Waals surface area (Å²) in [5, 5.41) is 3.48. The summed E-state index contributed by atoms with van der Waals surface area (Å²) in [7, 11) is 0. The van der Waals surface area contributed by atoms with E-state index in [2.05, 4.69) is 34.0 Å². The number of nitrogens with one attached hydrogen (secondary N) is 1. The Bertz CT molecular complexity index is 1030. The maximum atomic E-state index is 13.6. The van der Waals surface area contributed by atoms with E-state index in [1.165, 1.54) is 0 Å². The van der Waals surface area contributed by atoms with Crippen LogP contribution in [0.5, 0.6) is 0 Å². The van der Waals surface area contributed by atoms with Gasteiger partial charge in [-0.3, -0.25) is 9.69 Å². The van der Waals surface area contributed by atoms with Crippen LogP contribution >= 0.6 is 22.6 Å². The Balaban J connectivity index is 1.83. The Hall–Kier alpha value is -2.38. The van der Waals surface area contributed by atoms with E-state index in [1.807, 2.05) is 79.4 Å². The molecule has 1 heterocycles. The van der Waals surface area contributed by atoms with Gasteiger partial charge in [0.05, 0.1) is 5.56 Å². The topological polar surface area (TPSA) is 58.4 Å². The first kappa shape index (κ1) is 19.0. The monoisotopic (exact) mass is 483 g/mol. The minimum atomic E-state index is -0.134. The number of nitrogens with zero attached hydrogens (tertiary/aromatic N) is 1. The van der Waals surface area contributed by atoms with Gasteiger partial charge in [0, 0.05) is 21.0 Å². The first-order valence-electron chi connectivity index (χ1n) is 9.30. The van der Waals surface area contributed by atoms with Crippen molar-refractivity contribution in [2.24, 2.45) is 5.73 Å². The molecule has 5 heteroatoms. The van der Waals surface area contributed by atoms with Crippen molar-refractivity contribution in [3.05, 3.63) is 81.4 Å². The predicted molar refractivity (Wildman–Crippen MR) is 124 cm³/mol. The van der Waals surface area contributed by atoms with Crippen molar-refractivity contribution >= 4 is 39.9 Å². The van der Waals surface area contributed by atoms with Crippen molar-refractivity contribution in [2.45, 2.75) is 26.1 Å². The molecule has 2 unspecified atom stereocenters. The van der Waals surface area contributed by atoms with Gasteiger partial charge < -0.3 is 11.1 Å². The van der Waals surface area contributed by atoms with Gasteiger partial charge in [-0.1, -0.05) is 30.3 Å². The summed E-state index contributed by atoms with van der Waals surface area (Å²) in [6.07, 6.45) is -0.134. The molecular formula is C23H22IN3O. The molecule has 0 fully saturated rings. The number of rotatable bonds is 3. The smallest absolute Gasteiger partial charge is 0.262 e. The minimum absolute atomic E-state index is 0.00394. The van der Waals surface area contributed by atoms with Gasteiger partial charge in [0.2, 0.25) is 0 Å². The van der Waals surface area contributed by atoms with Crippen LogP contribution in [0, 0.1) is 3.57 Å². The molecule has 3 N–H and O–H groups in total. The molecule has 1 amide bonds. The minimum Gasteiger partial charge on any atom is -0.364 e. The Morgan fingerprint density at radius 1 is 1.07 bits per heavy atom. The molecule has 0 bridgehead atoms. The third kappa shape index (κ3) is 3.40. The molecule has 0 aromatic heterocycles. The van der Waals surface area contributed by atoms with Crippen molar-refractivity contribution < 1.29 is 4.79 Å². The molecular weight excluding hydrogens is 461 g/mol. The highest BCUT2D eigenvalue weighted by Crippen LogP contribution is 2.36. The third-order valence-corrected chi connectivity index (χ3v) is 5.80. The lowest BCUT2D eigenvalue weighted by Gasteiger charge is -2.37. The summed E-state index contributed by atoms with van der Waals surface area (Å²) >= 11 is 2.27. The molecule has 0 aliphatic carbocycles. The highest BCUT2D eigenvalue weighted by molar-refractivity contribution is 14.1. The summed E-state index contributed by atoms with van der Waals surface area (Å²) in [5.41, 5.74) is 11.5. The first-order valence-corrected chi connectivity index (χ1v) is 10.4. The molecule has 0 spiro atoms. The van der Waals surface area contributed by atoms with E-state index < -0.39 is 0 Å². The summed E-state index contributed by atoms with van der Waals surface area (Å²) < 4.78 is 1.14. The number of carbonyl (C=O) groups excluding carboxylic acids is 1. The number of benzene rings is 3. The van der Waals surface area contributed by atoms with E-state index in [0.717, 1.165) is 31.6 Å². The zero-order valence-corrected chi connectivity index (χ0v) is 18.0. The van der Waals surface area contributed by atoms with Crippen LogP contribution in [-0.2, 0) is 0 Å². The van der Waals surface area contributed by atoms with Gasteiger partial charge in [-0.05, 0) is 89.5 Å². The molecule has 1 aliphatic heterocycles. The Labute approximate surface area is 178 Å². The van der Waals surface area contributed by atoms with Gasteiger partial charge >= 0.3 is 0 Å². The highest BCUT2D eigenvalue weighted by Gasteiger charge is 2.32. The number of carbonyl (C=O) groups is 1. The molecule has 4 rings (SSSR count). The molecule has 3 aromatic carbocycles. The van der Waals surface area contributed by atoms with E-state index in [-0.39, 0.29) is 18.1 Å². The zero-order chi connectivity index (χ0) is 19.8. The molecule has 2 atom stereocenters. The number of halogens is 1. The average Bonchev–Trinajstić information content (AvgIpc) is 2.69. The van der Waals surface area contributed by atoms with E-state index >= 15 is 0 Å². The van der Waals surface area contributed by atoms with Crippen molar-refractivity contribution in [3.8, 4) is 11.1 Å². The predicted octanol–water partition coefficient (Wildman–Crippen LogP) is 5.40. The molecule has 28 heavy (non-hydrogen) atoms. The van der Waals surface area contributed by atoms with E-state index in [1.54, 1.807) is 0 Å². The van der Waals surface area contributed by atoms with Gasteiger partial charge in [0.15, 0.2) is 0 Å². The molecule has 4 nitrogen and oxygen atoms in total. The van der Waals surface area contributed by atoms with E-state index in [9.17, 15) is 4.79 Å². The number of nitrogens with two attached hydrogens (primary N) is 1. The van der Waals surface area contributed by atoms with E-state index in [0.29, 0.717) is 5.56 Å². The second kappa shape index (κ2) is 7.56. The van der Waals surface area contributed by atoms with Crippen LogP contribution in [0.15, 0.2) is 66.7 Å². The largest absolute Gasteiger partial charge is 0.364 e. The average molecular weight is 483 g/mol. The lowest BCUT2D eigenvalue weighted by Crippen LogP contribution is -2.47. The van der Waals surface area contributed by atoms with Crippen LogP contribution in [0.3, 0.4) is 0 Å². The Morgan fingerprint density at radius 3 is 2.50 bits per heavy atom. The molecule has 1 aliphatic rings. The number of anilines is 2. The lowest BCUT2D eigenvalue weighted by molar-refractivity contribution is 0.0978. The van der Waals surface area contributed by atoms with Crippen molar-refractivity contribution in [3.63, 3.8) is 0 Å². The molecule has 0 saturated heterocycles. The van der Waals surface area contributed by atoms with Gasteiger partial charge in [-0.15, -0.1) is 0 Å². The summed E-state index contributed by atoms with van der Waals surface area (Å²) in [5.74, 6) is 0.00394.